The summed E-state index contributed by atoms with van der Waals surface area (Å²) in [5.41, 5.74) is 7.40. The number of aromatic nitrogens is 1. The van der Waals surface area contributed by atoms with Gasteiger partial charge in [-0.1, -0.05) is 11.6 Å². The van der Waals surface area contributed by atoms with Crippen LogP contribution in [0, 0.1) is 6.92 Å². The SMILES string of the molecule is Cc1cnc(Cl)c(NC(=O)c2cc(O)ccc2N)c1. The lowest BCUT2D eigenvalue weighted by molar-refractivity contribution is 0.102. The van der Waals surface area contributed by atoms with Crippen LogP contribution in [0.3, 0.4) is 0 Å². The number of nitrogens with two attached hydrogens (primary N) is 1. The number of aryl methyl sites for hydroxylation is 1. The topological polar surface area (TPSA) is 88.2 Å². The second kappa shape index (κ2) is 5.16. The maximum absolute atomic E-state index is 12.1. The summed E-state index contributed by atoms with van der Waals surface area (Å²) in [4.78, 5) is 16.0. The van der Waals surface area contributed by atoms with Gasteiger partial charge in [0.2, 0.25) is 0 Å². The molecule has 0 saturated heterocycles. The third-order valence-corrected chi connectivity index (χ3v) is 2.81. The van der Waals surface area contributed by atoms with Crippen molar-refractivity contribution in [2.45, 2.75) is 6.92 Å². The molecule has 0 fully saturated rings. The Hall–Kier alpha value is -2.27. The molecule has 6 heteroatoms. The van der Waals surface area contributed by atoms with Crippen LogP contribution in [-0.2, 0) is 0 Å². The zero-order chi connectivity index (χ0) is 14.0. The van der Waals surface area contributed by atoms with Crippen molar-refractivity contribution < 1.29 is 9.90 Å². The molecule has 1 aromatic heterocycles. The van der Waals surface area contributed by atoms with Gasteiger partial charge in [-0.2, -0.15) is 0 Å². The Balaban J connectivity index is 2.30. The highest BCUT2D eigenvalue weighted by atomic mass is 35.5. The normalized spacial score (nSPS) is 10.2. The van der Waals surface area contributed by atoms with E-state index in [1.54, 1.807) is 12.3 Å². The minimum Gasteiger partial charge on any atom is -0.508 e. The first-order valence-corrected chi connectivity index (χ1v) is 5.87. The Morgan fingerprint density at radius 3 is 2.89 bits per heavy atom. The number of halogens is 1. The molecule has 1 amide bonds. The van der Waals surface area contributed by atoms with E-state index < -0.39 is 5.91 Å². The van der Waals surface area contributed by atoms with Crippen LogP contribution in [0.5, 0.6) is 5.75 Å². The average molecular weight is 278 g/mol. The number of anilines is 2. The number of benzene rings is 1. The predicted octanol–water partition coefficient (Wildman–Crippen LogP) is 2.58. The largest absolute Gasteiger partial charge is 0.508 e. The van der Waals surface area contributed by atoms with Crippen LogP contribution in [0.4, 0.5) is 11.4 Å². The van der Waals surface area contributed by atoms with Crippen molar-refractivity contribution in [2.24, 2.45) is 0 Å². The van der Waals surface area contributed by atoms with Crippen molar-refractivity contribution in [3.05, 3.63) is 46.7 Å². The van der Waals surface area contributed by atoms with E-state index in [2.05, 4.69) is 10.3 Å². The summed E-state index contributed by atoms with van der Waals surface area (Å²) in [7, 11) is 0. The Kier molecular flexibility index (Phi) is 3.57. The van der Waals surface area contributed by atoms with Crippen molar-refractivity contribution in [3.8, 4) is 5.75 Å². The van der Waals surface area contributed by atoms with Crippen LogP contribution in [-0.4, -0.2) is 16.0 Å². The van der Waals surface area contributed by atoms with E-state index in [9.17, 15) is 9.90 Å². The monoisotopic (exact) mass is 277 g/mol. The molecular weight excluding hydrogens is 266 g/mol. The van der Waals surface area contributed by atoms with Crippen LogP contribution in [0.1, 0.15) is 15.9 Å². The number of carbonyl (C=O) groups is 1. The fourth-order valence-electron chi connectivity index (χ4n) is 1.57. The van der Waals surface area contributed by atoms with Gasteiger partial charge in [0.15, 0.2) is 5.15 Å². The fraction of sp³-hybridized carbons (Fsp3) is 0.0769. The van der Waals surface area contributed by atoms with Gasteiger partial charge < -0.3 is 16.2 Å². The molecule has 0 saturated carbocycles. The number of hydrogen-bond acceptors (Lipinski definition) is 4. The zero-order valence-electron chi connectivity index (χ0n) is 10.1. The Morgan fingerprint density at radius 2 is 2.16 bits per heavy atom. The van der Waals surface area contributed by atoms with Crippen molar-refractivity contribution in [1.29, 1.82) is 0 Å². The maximum atomic E-state index is 12.1. The van der Waals surface area contributed by atoms with Gasteiger partial charge >= 0.3 is 0 Å². The van der Waals surface area contributed by atoms with Crippen LogP contribution in [0.25, 0.3) is 0 Å². The number of nitrogens with one attached hydrogen (secondary N) is 1. The molecule has 2 aromatic rings. The highest BCUT2D eigenvalue weighted by Crippen LogP contribution is 2.23. The van der Waals surface area contributed by atoms with E-state index in [4.69, 9.17) is 17.3 Å². The number of amides is 1. The molecule has 0 aliphatic carbocycles. The summed E-state index contributed by atoms with van der Waals surface area (Å²) in [5.74, 6) is -0.490. The molecular formula is C13H12ClN3O2. The minimum absolute atomic E-state index is 0.0344. The number of phenolic OH excluding ortho intramolecular Hbond substituents is 1. The van der Waals surface area contributed by atoms with Crippen molar-refractivity contribution in [2.75, 3.05) is 11.1 Å². The Morgan fingerprint density at radius 1 is 1.42 bits per heavy atom. The zero-order valence-corrected chi connectivity index (χ0v) is 10.9. The van der Waals surface area contributed by atoms with Crippen LogP contribution in [0.15, 0.2) is 30.5 Å². The first-order valence-electron chi connectivity index (χ1n) is 5.49. The van der Waals surface area contributed by atoms with E-state index in [1.807, 2.05) is 6.92 Å². The number of aromatic hydroxyl groups is 1. The average Bonchev–Trinajstić information content (AvgIpc) is 2.36. The Labute approximate surface area is 115 Å². The lowest BCUT2D eigenvalue weighted by Gasteiger charge is -2.09. The van der Waals surface area contributed by atoms with Gasteiger partial charge in [-0.15, -0.1) is 0 Å². The molecule has 2 rings (SSSR count). The molecule has 0 bridgehead atoms. The summed E-state index contributed by atoms with van der Waals surface area (Å²) >= 11 is 5.89. The number of pyridine rings is 1. The molecule has 1 heterocycles. The number of hydrogen-bond donors (Lipinski definition) is 3. The minimum atomic E-state index is -0.456. The van der Waals surface area contributed by atoms with E-state index in [1.165, 1.54) is 18.2 Å². The van der Waals surface area contributed by atoms with Crippen molar-refractivity contribution in [3.63, 3.8) is 0 Å². The molecule has 98 valence electrons. The molecule has 0 atom stereocenters. The standard InChI is InChI=1S/C13H12ClN3O2/c1-7-4-11(12(14)16-6-7)17-13(19)9-5-8(18)2-3-10(9)15/h2-6,18H,15H2,1H3,(H,17,19). The summed E-state index contributed by atoms with van der Waals surface area (Å²) in [5, 5.41) is 12.2. The second-order valence-corrected chi connectivity index (χ2v) is 4.43. The van der Waals surface area contributed by atoms with Gasteiger partial charge in [-0.3, -0.25) is 4.79 Å². The molecule has 5 nitrogen and oxygen atoms in total. The highest BCUT2D eigenvalue weighted by molar-refractivity contribution is 6.32. The number of nitrogens with zero attached hydrogens (tertiary/aromatic N) is 1. The fourth-order valence-corrected chi connectivity index (χ4v) is 1.72. The van der Waals surface area contributed by atoms with Crippen molar-refractivity contribution in [1.82, 2.24) is 4.98 Å². The summed E-state index contributed by atoms with van der Waals surface area (Å²) in [6.07, 6.45) is 1.60. The number of nitrogen functional groups attached to an aromatic ring is 1. The third kappa shape index (κ3) is 2.95. The molecule has 0 radical (unpaired) electrons. The molecule has 0 unspecified atom stereocenters. The lowest BCUT2D eigenvalue weighted by atomic mass is 10.1. The van der Waals surface area contributed by atoms with Gasteiger partial charge in [0.1, 0.15) is 5.75 Å². The summed E-state index contributed by atoms with van der Waals surface area (Å²) in [6.45, 7) is 1.84. The van der Waals surface area contributed by atoms with Crippen molar-refractivity contribution >= 4 is 28.9 Å². The van der Waals surface area contributed by atoms with E-state index in [0.29, 0.717) is 5.69 Å². The van der Waals surface area contributed by atoms with Gasteiger partial charge in [0, 0.05) is 11.9 Å². The Bertz CT molecular complexity index is 644. The first kappa shape index (κ1) is 13.2. The first-order chi connectivity index (χ1) is 8.97. The molecule has 1 aromatic carbocycles. The molecule has 0 aliphatic heterocycles. The van der Waals surface area contributed by atoms with Crippen LogP contribution in [0.2, 0.25) is 5.15 Å². The van der Waals surface area contributed by atoms with Crippen LogP contribution < -0.4 is 11.1 Å². The van der Waals surface area contributed by atoms with Crippen LogP contribution >= 0.6 is 11.6 Å². The number of rotatable bonds is 2. The summed E-state index contributed by atoms with van der Waals surface area (Å²) in [6, 6.07) is 5.86. The predicted molar refractivity (Wildman–Crippen MR) is 74.5 cm³/mol. The lowest BCUT2D eigenvalue weighted by Crippen LogP contribution is -2.14. The van der Waals surface area contributed by atoms with Gasteiger partial charge in [-0.25, -0.2) is 4.98 Å². The number of carbonyl (C=O) groups excluding carboxylic acids is 1. The highest BCUT2D eigenvalue weighted by Gasteiger charge is 2.13. The second-order valence-electron chi connectivity index (χ2n) is 4.08. The summed E-state index contributed by atoms with van der Waals surface area (Å²) < 4.78 is 0. The van der Waals surface area contributed by atoms with E-state index >= 15 is 0 Å². The van der Waals surface area contributed by atoms with Gasteiger partial charge in [0.25, 0.3) is 5.91 Å². The smallest absolute Gasteiger partial charge is 0.257 e. The van der Waals surface area contributed by atoms with E-state index in [-0.39, 0.29) is 22.2 Å². The van der Waals surface area contributed by atoms with E-state index in [0.717, 1.165) is 5.56 Å². The van der Waals surface area contributed by atoms with Gasteiger partial charge in [-0.05, 0) is 36.8 Å². The molecule has 0 aliphatic rings. The number of phenols is 1. The quantitative estimate of drug-likeness (QED) is 0.447. The molecule has 19 heavy (non-hydrogen) atoms. The maximum Gasteiger partial charge on any atom is 0.257 e. The van der Waals surface area contributed by atoms with Gasteiger partial charge in [0.05, 0.1) is 11.3 Å². The third-order valence-electron chi connectivity index (χ3n) is 2.51. The molecule has 4 N–H and O–H groups in total. The molecule has 0 spiro atoms.